The number of esters is 1. The molecule has 1 aromatic carbocycles. The van der Waals surface area contributed by atoms with Crippen molar-refractivity contribution in [2.45, 2.75) is 26.3 Å². The SMILES string of the molecule is CC[C@@H](N)c1cccc(OC(C)=O)c1. The summed E-state index contributed by atoms with van der Waals surface area (Å²) in [5, 5.41) is 0. The highest BCUT2D eigenvalue weighted by Gasteiger charge is 2.05. The second-order valence-corrected chi connectivity index (χ2v) is 3.18. The van der Waals surface area contributed by atoms with Crippen molar-refractivity contribution < 1.29 is 9.53 Å². The van der Waals surface area contributed by atoms with Crippen molar-refractivity contribution in [1.29, 1.82) is 0 Å². The first-order chi connectivity index (χ1) is 6.63. The Morgan fingerprint density at radius 1 is 1.57 bits per heavy atom. The lowest BCUT2D eigenvalue weighted by molar-refractivity contribution is -0.131. The maximum absolute atomic E-state index is 10.7. The molecule has 0 aromatic heterocycles. The fraction of sp³-hybridized carbons (Fsp3) is 0.364. The predicted molar refractivity (Wildman–Crippen MR) is 55.0 cm³/mol. The first-order valence-corrected chi connectivity index (χ1v) is 4.67. The van der Waals surface area contributed by atoms with Gasteiger partial charge in [-0.25, -0.2) is 0 Å². The van der Waals surface area contributed by atoms with E-state index in [9.17, 15) is 4.79 Å². The molecule has 1 atom stereocenters. The van der Waals surface area contributed by atoms with Gasteiger partial charge in [0, 0.05) is 13.0 Å². The zero-order valence-corrected chi connectivity index (χ0v) is 8.49. The highest BCUT2D eigenvalue weighted by molar-refractivity contribution is 5.69. The van der Waals surface area contributed by atoms with Crippen LogP contribution < -0.4 is 10.5 Å². The second-order valence-electron chi connectivity index (χ2n) is 3.18. The van der Waals surface area contributed by atoms with Crippen molar-refractivity contribution >= 4 is 5.97 Å². The number of rotatable bonds is 3. The van der Waals surface area contributed by atoms with E-state index in [4.69, 9.17) is 10.5 Å². The second kappa shape index (κ2) is 4.77. The van der Waals surface area contributed by atoms with Crippen molar-refractivity contribution in [2.24, 2.45) is 5.73 Å². The van der Waals surface area contributed by atoms with Gasteiger partial charge in [0.15, 0.2) is 0 Å². The molecule has 14 heavy (non-hydrogen) atoms. The Bertz CT molecular complexity index is 323. The molecule has 2 N–H and O–H groups in total. The zero-order chi connectivity index (χ0) is 10.6. The van der Waals surface area contributed by atoms with Gasteiger partial charge in [-0.2, -0.15) is 0 Å². The zero-order valence-electron chi connectivity index (χ0n) is 8.49. The lowest BCUT2D eigenvalue weighted by atomic mass is 10.1. The minimum Gasteiger partial charge on any atom is -0.427 e. The molecule has 0 amide bonds. The molecule has 0 saturated heterocycles. The fourth-order valence-electron chi connectivity index (χ4n) is 1.21. The lowest BCUT2D eigenvalue weighted by Crippen LogP contribution is -2.09. The molecule has 3 nitrogen and oxygen atoms in total. The summed E-state index contributed by atoms with van der Waals surface area (Å²) in [5.74, 6) is 0.242. The van der Waals surface area contributed by atoms with Crippen LogP contribution in [0.15, 0.2) is 24.3 Å². The third kappa shape index (κ3) is 2.85. The van der Waals surface area contributed by atoms with Gasteiger partial charge in [-0.15, -0.1) is 0 Å². The Morgan fingerprint density at radius 2 is 2.29 bits per heavy atom. The van der Waals surface area contributed by atoms with Crippen LogP contribution in [0.4, 0.5) is 0 Å². The molecule has 0 spiro atoms. The van der Waals surface area contributed by atoms with Gasteiger partial charge in [0.25, 0.3) is 0 Å². The van der Waals surface area contributed by atoms with Crippen molar-refractivity contribution in [3.63, 3.8) is 0 Å². The molecule has 0 radical (unpaired) electrons. The molecule has 0 aliphatic rings. The molecule has 3 heteroatoms. The quantitative estimate of drug-likeness (QED) is 0.590. The van der Waals surface area contributed by atoms with Crippen molar-refractivity contribution in [1.82, 2.24) is 0 Å². The Balaban J connectivity index is 2.83. The molecule has 1 aromatic rings. The van der Waals surface area contributed by atoms with Gasteiger partial charge in [-0.05, 0) is 24.1 Å². The molecule has 0 saturated carbocycles. The normalized spacial score (nSPS) is 12.2. The lowest BCUT2D eigenvalue weighted by Gasteiger charge is -2.10. The highest BCUT2D eigenvalue weighted by atomic mass is 16.5. The molecule has 0 fully saturated rings. The summed E-state index contributed by atoms with van der Waals surface area (Å²) in [6, 6.07) is 7.32. The number of hydrogen-bond acceptors (Lipinski definition) is 3. The van der Waals surface area contributed by atoms with Crippen LogP contribution in [0.1, 0.15) is 31.9 Å². The minimum absolute atomic E-state index is 0.00510. The summed E-state index contributed by atoms with van der Waals surface area (Å²) in [4.78, 5) is 10.7. The molecule has 0 aliphatic heterocycles. The van der Waals surface area contributed by atoms with E-state index >= 15 is 0 Å². The van der Waals surface area contributed by atoms with Crippen LogP contribution in [0.2, 0.25) is 0 Å². The van der Waals surface area contributed by atoms with E-state index in [0.717, 1.165) is 12.0 Å². The minimum atomic E-state index is -0.313. The van der Waals surface area contributed by atoms with Crippen molar-refractivity contribution in [3.05, 3.63) is 29.8 Å². The third-order valence-corrected chi connectivity index (χ3v) is 1.99. The Labute approximate surface area is 83.9 Å². The first kappa shape index (κ1) is 10.7. The van der Waals surface area contributed by atoms with Crippen LogP contribution >= 0.6 is 0 Å². The summed E-state index contributed by atoms with van der Waals surface area (Å²) in [6.45, 7) is 3.40. The van der Waals surface area contributed by atoms with Gasteiger partial charge in [-0.1, -0.05) is 19.1 Å². The van der Waals surface area contributed by atoms with Crippen LogP contribution in [0.5, 0.6) is 5.75 Å². The van der Waals surface area contributed by atoms with Crippen molar-refractivity contribution in [3.8, 4) is 5.75 Å². The molecule has 1 rings (SSSR count). The molecule has 0 unspecified atom stereocenters. The van der Waals surface area contributed by atoms with Gasteiger partial charge in [-0.3, -0.25) is 4.79 Å². The predicted octanol–water partition coefficient (Wildman–Crippen LogP) is 2.02. The van der Waals surface area contributed by atoms with E-state index < -0.39 is 0 Å². The molecule has 0 bridgehead atoms. The number of nitrogens with two attached hydrogens (primary N) is 1. The van der Waals surface area contributed by atoms with Crippen LogP contribution in [-0.2, 0) is 4.79 Å². The number of carbonyl (C=O) groups excluding carboxylic acids is 1. The number of ether oxygens (including phenoxy) is 1. The average molecular weight is 193 g/mol. The molecular weight excluding hydrogens is 178 g/mol. The molecular formula is C11H15NO2. The molecule has 0 heterocycles. The molecule has 0 aliphatic carbocycles. The highest BCUT2D eigenvalue weighted by Crippen LogP contribution is 2.19. The number of carbonyl (C=O) groups is 1. The number of hydrogen-bond donors (Lipinski definition) is 1. The van der Waals surface area contributed by atoms with E-state index in [2.05, 4.69) is 0 Å². The van der Waals surface area contributed by atoms with E-state index in [1.54, 1.807) is 12.1 Å². The summed E-state index contributed by atoms with van der Waals surface area (Å²) in [7, 11) is 0. The van der Waals surface area contributed by atoms with Gasteiger partial charge >= 0.3 is 5.97 Å². The Kier molecular flexibility index (Phi) is 3.65. The third-order valence-electron chi connectivity index (χ3n) is 1.99. The largest absolute Gasteiger partial charge is 0.427 e. The topological polar surface area (TPSA) is 52.3 Å². The maximum atomic E-state index is 10.7. The average Bonchev–Trinajstić information content (AvgIpc) is 2.16. The maximum Gasteiger partial charge on any atom is 0.308 e. The van der Waals surface area contributed by atoms with Gasteiger partial charge in [0.2, 0.25) is 0 Å². The van der Waals surface area contributed by atoms with E-state index in [1.807, 2.05) is 19.1 Å². The summed E-state index contributed by atoms with van der Waals surface area (Å²) in [6.07, 6.45) is 0.865. The van der Waals surface area contributed by atoms with Crippen LogP contribution in [0.25, 0.3) is 0 Å². The van der Waals surface area contributed by atoms with E-state index in [1.165, 1.54) is 6.92 Å². The standard InChI is InChI=1S/C11H15NO2/c1-3-11(12)9-5-4-6-10(7-9)14-8(2)13/h4-7,11H,3,12H2,1-2H3/t11-/m1/s1. The molecule has 76 valence electrons. The van der Waals surface area contributed by atoms with Crippen molar-refractivity contribution in [2.75, 3.05) is 0 Å². The Hall–Kier alpha value is -1.35. The summed E-state index contributed by atoms with van der Waals surface area (Å²) >= 11 is 0. The van der Waals surface area contributed by atoms with Gasteiger partial charge in [0.1, 0.15) is 5.75 Å². The summed E-state index contributed by atoms with van der Waals surface area (Å²) in [5.41, 5.74) is 6.85. The van der Waals surface area contributed by atoms with Crippen LogP contribution in [0, 0.1) is 0 Å². The first-order valence-electron chi connectivity index (χ1n) is 4.67. The van der Waals surface area contributed by atoms with Crippen LogP contribution in [-0.4, -0.2) is 5.97 Å². The van der Waals surface area contributed by atoms with E-state index in [-0.39, 0.29) is 12.0 Å². The van der Waals surface area contributed by atoms with Gasteiger partial charge < -0.3 is 10.5 Å². The Morgan fingerprint density at radius 3 is 2.86 bits per heavy atom. The summed E-state index contributed by atoms with van der Waals surface area (Å²) < 4.78 is 4.96. The number of benzene rings is 1. The van der Waals surface area contributed by atoms with Crippen LogP contribution in [0.3, 0.4) is 0 Å². The van der Waals surface area contributed by atoms with E-state index in [0.29, 0.717) is 5.75 Å². The van der Waals surface area contributed by atoms with Gasteiger partial charge in [0.05, 0.1) is 0 Å². The fourth-order valence-corrected chi connectivity index (χ4v) is 1.21. The monoisotopic (exact) mass is 193 g/mol. The smallest absolute Gasteiger partial charge is 0.308 e.